The van der Waals surface area contributed by atoms with E-state index in [-0.39, 0.29) is 6.54 Å². The maximum Gasteiger partial charge on any atom is 0.409 e. The first-order valence-corrected chi connectivity index (χ1v) is 5.29. The minimum atomic E-state index is -1.01. The molecule has 0 saturated carbocycles. The topological polar surface area (TPSA) is 68.2 Å². The summed E-state index contributed by atoms with van der Waals surface area (Å²) in [6.07, 6.45) is -0.872. The van der Waals surface area contributed by atoms with Crippen molar-refractivity contribution in [1.29, 1.82) is 0 Å². The van der Waals surface area contributed by atoms with Crippen molar-refractivity contribution < 1.29 is 24.1 Å². The summed E-state index contributed by atoms with van der Waals surface area (Å²) in [6.45, 7) is 2.66. The Hall–Kier alpha value is -0.850. The van der Waals surface area contributed by atoms with E-state index in [0.29, 0.717) is 19.6 Å². The van der Waals surface area contributed by atoms with E-state index in [0.717, 1.165) is 0 Å². The van der Waals surface area contributed by atoms with E-state index in [4.69, 9.17) is 14.2 Å². The van der Waals surface area contributed by atoms with Crippen LogP contribution in [0.5, 0.6) is 0 Å². The highest BCUT2D eigenvalue weighted by atomic mass is 16.7. The van der Waals surface area contributed by atoms with Gasteiger partial charge in [0.25, 0.3) is 0 Å². The van der Waals surface area contributed by atoms with E-state index in [1.165, 1.54) is 19.1 Å². The number of hydrogen-bond acceptors (Lipinski definition) is 5. The highest BCUT2D eigenvalue weighted by Gasteiger charge is 2.44. The van der Waals surface area contributed by atoms with Crippen molar-refractivity contribution in [3.63, 3.8) is 0 Å². The summed E-state index contributed by atoms with van der Waals surface area (Å²) in [6, 6.07) is 0. The molecule has 1 amide bonds. The third kappa shape index (κ3) is 2.45. The van der Waals surface area contributed by atoms with Gasteiger partial charge in [0.05, 0.1) is 13.2 Å². The Morgan fingerprint density at radius 3 is 2.56 bits per heavy atom. The highest BCUT2D eigenvalue weighted by molar-refractivity contribution is 5.67. The van der Waals surface area contributed by atoms with Crippen molar-refractivity contribution in [3.05, 3.63) is 0 Å². The summed E-state index contributed by atoms with van der Waals surface area (Å²) in [4.78, 5) is 12.9. The third-order valence-corrected chi connectivity index (χ3v) is 2.85. The highest BCUT2D eigenvalue weighted by Crippen LogP contribution is 2.27. The van der Waals surface area contributed by atoms with Crippen molar-refractivity contribution in [2.75, 3.05) is 33.9 Å². The zero-order valence-electron chi connectivity index (χ0n) is 9.93. The van der Waals surface area contributed by atoms with Gasteiger partial charge < -0.3 is 24.2 Å². The number of likely N-dealkylation sites (tertiary alicyclic amines) is 1. The molecule has 1 atom stereocenters. The Morgan fingerprint density at radius 1 is 1.50 bits per heavy atom. The Balaban J connectivity index is 2.60. The van der Waals surface area contributed by atoms with Gasteiger partial charge in [-0.15, -0.1) is 0 Å². The summed E-state index contributed by atoms with van der Waals surface area (Å²) in [5.74, 6) is -1.01. The van der Waals surface area contributed by atoms with E-state index < -0.39 is 18.0 Å². The number of carbonyl (C=O) groups excluding carboxylic acids is 1. The van der Waals surface area contributed by atoms with Crippen LogP contribution in [-0.4, -0.2) is 61.9 Å². The standard InChI is InChI=1S/C10H19NO5/c1-4-16-9(13)11-6-5-10(14-2,15-3)8(12)7-11/h8,12H,4-7H2,1-3H3. The number of nitrogens with zero attached hydrogens (tertiary/aromatic N) is 1. The molecule has 1 unspecified atom stereocenters. The zero-order chi connectivity index (χ0) is 12.2. The smallest absolute Gasteiger partial charge is 0.409 e. The fourth-order valence-corrected chi connectivity index (χ4v) is 1.84. The SMILES string of the molecule is CCOC(=O)N1CCC(OC)(OC)C(O)C1. The summed E-state index contributed by atoms with van der Waals surface area (Å²) < 4.78 is 15.2. The molecule has 6 nitrogen and oxygen atoms in total. The van der Waals surface area contributed by atoms with Crippen molar-refractivity contribution >= 4 is 6.09 Å². The van der Waals surface area contributed by atoms with Gasteiger partial charge in [0.15, 0.2) is 5.79 Å². The second-order valence-electron chi connectivity index (χ2n) is 3.63. The minimum Gasteiger partial charge on any atom is -0.450 e. The maximum absolute atomic E-state index is 11.4. The molecule has 0 aromatic carbocycles. The number of aliphatic hydroxyl groups excluding tert-OH is 1. The normalized spacial score (nSPS) is 24.2. The predicted molar refractivity (Wildman–Crippen MR) is 56.0 cm³/mol. The molecule has 6 heteroatoms. The van der Waals surface area contributed by atoms with Crippen molar-refractivity contribution in [2.24, 2.45) is 0 Å². The number of hydrogen-bond donors (Lipinski definition) is 1. The molecule has 1 N–H and O–H groups in total. The Morgan fingerprint density at radius 2 is 2.12 bits per heavy atom. The van der Waals surface area contributed by atoms with Crippen LogP contribution in [0.2, 0.25) is 0 Å². The molecule has 1 heterocycles. The minimum absolute atomic E-state index is 0.153. The van der Waals surface area contributed by atoms with Crippen LogP contribution in [0, 0.1) is 0 Å². The molecule has 1 rings (SSSR count). The van der Waals surface area contributed by atoms with E-state index in [9.17, 15) is 9.90 Å². The van der Waals surface area contributed by atoms with Gasteiger partial charge in [-0.3, -0.25) is 0 Å². The Bertz CT molecular complexity index is 241. The van der Waals surface area contributed by atoms with Crippen LogP contribution in [-0.2, 0) is 14.2 Å². The number of carbonyl (C=O) groups is 1. The van der Waals surface area contributed by atoms with Crippen LogP contribution in [0.3, 0.4) is 0 Å². The Labute approximate surface area is 95.1 Å². The lowest BCUT2D eigenvalue weighted by Gasteiger charge is -2.42. The molecule has 1 aliphatic heterocycles. The number of piperidine rings is 1. The first-order chi connectivity index (χ1) is 7.59. The number of aliphatic hydroxyl groups is 1. The average molecular weight is 233 g/mol. The molecular weight excluding hydrogens is 214 g/mol. The number of ether oxygens (including phenoxy) is 3. The summed E-state index contributed by atoms with van der Waals surface area (Å²) in [7, 11) is 2.96. The Kier molecular flexibility index (Phi) is 4.52. The lowest BCUT2D eigenvalue weighted by molar-refractivity contribution is -0.276. The molecule has 0 spiro atoms. The van der Waals surface area contributed by atoms with E-state index >= 15 is 0 Å². The molecule has 1 aliphatic rings. The van der Waals surface area contributed by atoms with Gasteiger partial charge in [0.2, 0.25) is 0 Å². The molecule has 0 aromatic heterocycles. The molecule has 1 fully saturated rings. The average Bonchev–Trinajstić information content (AvgIpc) is 2.30. The largest absolute Gasteiger partial charge is 0.450 e. The van der Waals surface area contributed by atoms with Crippen molar-refractivity contribution in [3.8, 4) is 0 Å². The molecular formula is C10H19NO5. The lowest BCUT2D eigenvalue weighted by atomic mass is 10.0. The zero-order valence-corrected chi connectivity index (χ0v) is 9.93. The monoisotopic (exact) mass is 233 g/mol. The van der Waals surface area contributed by atoms with E-state index in [1.807, 2.05) is 0 Å². The van der Waals surface area contributed by atoms with Gasteiger partial charge in [-0.1, -0.05) is 0 Å². The van der Waals surface area contributed by atoms with Crippen LogP contribution >= 0.6 is 0 Å². The van der Waals surface area contributed by atoms with Crippen LogP contribution in [0.4, 0.5) is 4.79 Å². The van der Waals surface area contributed by atoms with Crippen molar-refractivity contribution in [2.45, 2.75) is 25.2 Å². The molecule has 94 valence electrons. The quantitative estimate of drug-likeness (QED) is 0.705. The molecule has 0 radical (unpaired) electrons. The first-order valence-electron chi connectivity index (χ1n) is 5.29. The fraction of sp³-hybridized carbons (Fsp3) is 0.900. The number of methoxy groups -OCH3 is 2. The molecule has 16 heavy (non-hydrogen) atoms. The van der Waals surface area contributed by atoms with Gasteiger partial charge in [0, 0.05) is 27.2 Å². The van der Waals surface area contributed by atoms with E-state index in [1.54, 1.807) is 6.92 Å². The number of rotatable bonds is 3. The lowest BCUT2D eigenvalue weighted by Crippen LogP contribution is -2.58. The summed E-state index contributed by atoms with van der Waals surface area (Å²) in [5.41, 5.74) is 0. The number of amides is 1. The van der Waals surface area contributed by atoms with Crippen LogP contribution in [0.25, 0.3) is 0 Å². The van der Waals surface area contributed by atoms with Gasteiger partial charge in [-0.05, 0) is 6.92 Å². The molecule has 1 saturated heterocycles. The van der Waals surface area contributed by atoms with Gasteiger partial charge in [0.1, 0.15) is 6.10 Å². The van der Waals surface area contributed by atoms with E-state index in [2.05, 4.69) is 0 Å². The van der Waals surface area contributed by atoms with Gasteiger partial charge in [-0.2, -0.15) is 0 Å². The second kappa shape index (κ2) is 5.47. The fourth-order valence-electron chi connectivity index (χ4n) is 1.84. The second-order valence-corrected chi connectivity index (χ2v) is 3.63. The maximum atomic E-state index is 11.4. The van der Waals surface area contributed by atoms with Crippen LogP contribution < -0.4 is 0 Å². The van der Waals surface area contributed by atoms with Crippen LogP contribution in [0.15, 0.2) is 0 Å². The summed E-state index contributed by atoms with van der Waals surface area (Å²) >= 11 is 0. The third-order valence-electron chi connectivity index (χ3n) is 2.85. The molecule has 0 aliphatic carbocycles. The first kappa shape index (κ1) is 13.2. The molecule has 0 aromatic rings. The van der Waals surface area contributed by atoms with Crippen molar-refractivity contribution in [1.82, 2.24) is 4.90 Å². The predicted octanol–water partition coefficient (Wildman–Crippen LogP) is 0.199. The van der Waals surface area contributed by atoms with Gasteiger partial charge >= 0.3 is 6.09 Å². The summed E-state index contributed by atoms with van der Waals surface area (Å²) in [5, 5.41) is 9.91. The molecule has 0 bridgehead atoms. The van der Waals surface area contributed by atoms with Gasteiger partial charge in [-0.25, -0.2) is 4.79 Å². The van der Waals surface area contributed by atoms with Crippen LogP contribution in [0.1, 0.15) is 13.3 Å². The number of β-amino-alcohol motifs (C(OH)–C–C–N with tert-alkyl or cyclic N) is 1.